The van der Waals surface area contributed by atoms with Crippen molar-refractivity contribution in [1.29, 1.82) is 0 Å². The molecule has 2 amide bonds. The molecule has 0 radical (unpaired) electrons. The molecule has 2 aromatic heterocycles. The van der Waals surface area contributed by atoms with Crippen molar-refractivity contribution in [2.75, 3.05) is 26.8 Å². The van der Waals surface area contributed by atoms with Gasteiger partial charge in [0.05, 0.1) is 27.8 Å². The molecule has 1 aliphatic heterocycles. The molecule has 0 saturated heterocycles. The molecule has 1 aromatic carbocycles. The van der Waals surface area contributed by atoms with Crippen molar-refractivity contribution in [2.24, 2.45) is 12.1 Å². The maximum Gasteiger partial charge on any atom is 0.262 e. The summed E-state index contributed by atoms with van der Waals surface area (Å²) in [6.45, 7) is 0.431. The molecular weight excluding hydrogens is 460 g/mol. The highest BCUT2D eigenvalue weighted by Crippen LogP contribution is 2.34. The Kier molecular flexibility index (Phi) is 7.27. The Morgan fingerprint density at radius 2 is 2.03 bits per heavy atom. The zero-order valence-electron chi connectivity index (χ0n) is 18.5. The lowest BCUT2D eigenvalue weighted by molar-refractivity contribution is -0.134. The van der Waals surface area contributed by atoms with E-state index in [4.69, 9.17) is 21.4 Å². The number of carbonyl (C=O) groups excluding carboxylic acids is 2. The minimum atomic E-state index is -0.317. The predicted molar refractivity (Wildman–Crippen MR) is 130 cm³/mol. The summed E-state index contributed by atoms with van der Waals surface area (Å²) in [5.74, 6) is -0.577. The molecule has 1 atom stereocenters. The summed E-state index contributed by atoms with van der Waals surface area (Å²) >= 11 is 7.84. The monoisotopic (exact) mass is 484 g/mol. The highest BCUT2D eigenvalue weighted by Gasteiger charge is 2.36. The summed E-state index contributed by atoms with van der Waals surface area (Å²) < 4.78 is 7.17. The lowest BCUT2D eigenvalue weighted by Gasteiger charge is -2.27. The third kappa shape index (κ3) is 5.03. The van der Waals surface area contributed by atoms with E-state index in [1.165, 1.54) is 9.91 Å². The fraction of sp³-hybridized carbons (Fsp3) is 0.292. The quantitative estimate of drug-likeness (QED) is 0.481. The predicted octanol–water partition coefficient (Wildman–Crippen LogP) is 4.21. The minimum absolute atomic E-state index is 0.129. The smallest absolute Gasteiger partial charge is 0.262 e. The van der Waals surface area contributed by atoms with E-state index >= 15 is 0 Å². The second-order valence-electron chi connectivity index (χ2n) is 7.73. The van der Waals surface area contributed by atoms with Gasteiger partial charge in [0.15, 0.2) is 0 Å². The first-order valence-electron chi connectivity index (χ1n) is 10.6. The first kappa shape index (κ1) is 23.2. The second-order valence-corrected chi connectivity index (χ2v) is 9.08. The number of carbonyl (C=O) groups is 2. The van der Waals surface area contributed by atoms with Gasteiger partial charge in [0.2, 0.25) is 0 Å². The van der Waals surface area contributed by atoms with E-state index in [9.17, 15) is 9.59 Å². The van der Waals surface area contributed by atoms with Gasteiger partial charge in [0.1, 0.15) is 12.6 Å². The van der Waals surface area contributed by atoms with Crippen LogP contribution in [0.5, 0.6) is 0 Å². The molecule has 7 nitrogen and oxygen atoms in total. The van der Waals surface area contributed by atoms with Gasteiger partial charge in [-0.2, -0.15) is 5.10 Å². The SMILES string of the molecule is COCCN(CC(=O)N1N=C(c2cccs2)CC1c1cccn1C)C(=O)c1ccccc1Cl. The summed E-state index contributed by atoms with van der Waals surface area (Å²) in [6.07, 6.45) is 2.56. The molecule has 0 N–H and O–H groups in total. The van der Waals surface area contributed by atoms with Crippen molar-refractivity contribution in [3.8, 4) is 0 Å². The molecule has 1 unspecified atom stereocenters. The minimum Gasteiger partial charge on any atom is -0.383 e. The molecule has 4 rings (SSSR count). The molecule has 3 heterocycles. The first-order chi connectivity index (χ1) is 16.0. The van der Waals surface area contributed by atoms with Crippen LogP contribution < -0.4 is 0 Å². The third-order valence-corrected chi connectivity index (χ3v) is 6.83. The number of hydrogen-bond donors (Lipinski definition) is 0. The number of aryl methyl sites for hydroxylation is 1. The molecule has 172 valence electrons. The third-order valence-electron chi connectivity index (χ3n) is 5.58. The van der Waals surface area contributed by atoms with Crippen molar-refractivity contribution >= 4 is 40.5 Å². The van der Waals surface area contributed by atoms with Gasteiger partial charge >= 0.3 is 0 Å². The Balaban J connectivity index is 1.61. The lowest BCUT2D eigenvalue weighted by Crippen LogP contribution is -2.43. The number of rotatable bonds is 8. The molecule has 0 spiro atoms. The maximum atomic E-state index is 13.5. The number of hydrogen-bond acceptors (Lipinski definition) is 5. The molecule has 9 heteroatoms. The molecule has 3 aromatic rings. The van der Waals surface area contributed by atoms with Crippen LogP contribution in [-0.4, -0.2) is 58.8 Å². The number of nitrogens with zero attached hydrogens (tertiary/aromatic N) is 4. The number of aromatic nitrogens is 1. The Morgan fingerprint density at radius 1 is 1.21 bits per heavy atom. The summed E-state index contributed by atoms with van der Waals surface area (Å²) in [6, 6.07) is 14.5. The number of thiophene rings is 1. The Bertz CT molecular complexity index is 1160. The van der Waals surface area contributed by atoms with Crippen LogP contribution in [0.15, 0.2) is 65.2 Å². The normalized spacial score (nSPS) is 15.5. The fourth-order valence-electron chi connectivity index (χ4n) is 3.88. The molecule has 0 aliphatic carbocycles. The van der Waals surface area contributed by atoms with Crippen LogP contribution in [0.4, 0.5) is 0 Å². The van der Waals surface area contributed by atoms with Gasteiger partial charge in [0, 0.05) is 39.0 Å². The summed E-state index contributed by atoms with van der Waals surface area (Å²) in [5, 5.41) is 8.55. The summed E-state index contributed by atoms with van der Waals surface area (Å²) in [4.78, 5) is 29.2. The number of ether oxygens (including phenoxy) is 1. The van der Waals surface area contributed by atoms with Crippen LogP contribution in [0.3, 0.4) is 0 Å². The zero-order valence-corrected chi connectivity index (χ0v) is 20.1. The van der Waals surface area contributed by atoms with Crippen LogP contribution in [-0.2, 0) is 16.6 Å². The number of benzene rings is 1. The van der Waals surface area contributed by atoms with E-state index in [0.29, 0.717) is 23.6 Å². The topological polar surface area (TPSA) is 67.1 Å². The number of halogens is 1. The van der Waals surface area contributed by atoms with Gasteiger partial charge < -0.3 is 14.2 Å². The first-order valence-corrected chi connectivity index (χ1v) is 11.8. The maximum absolute atomic E-state index is 13.5. The summed E-state index contributed by atoms with van der Waals surface area (Å²) in [7, 11) is 3.51. The average Bonchev–Trinajstić information content (AvgIpc) is 3.56. The van der Waals surface area contributed by atoms with E-state index in [1.807, 2.05) is 47.5 Å². The Hall–Kier alpha value is -2.94. The van der Waals surface area contributed by atoms with Crippen LogP contribution in [0.2, 0.25) is 5.02 Å². The van der Waals surface area contributed by atoms with Gasteiger partial charge in [0.25, 0.3) is 11.8 Å². The molecule has 0 bridgehead atoms. The van der Waals surface area contributed by atoms with Crippen LogP contribution in [0.1, 0.15) is 33.4 Å². The number of hydrazone groups is 1. The highest BCUT2D eigenvalue weighted by molar-refractivity contribution is 7.12. The van der Waals surface area contributed by atoms with Gasteiger partial charge in [-0.3, -0.25) is 9.59 Å². The van der Waals surface area contributed by atoms with Crippen molar-refractivity contribution in [3.63, 3.8) is 0 Å². The molecular formula is C24H25ClN4O3S. The second kappa shape index (κ2) is 10.3. The van der Waals surface area contributed by atoms with Crippen LogP contribution in [0, 0.1) is 0 Å². The summed E-state index contributed by atoms with van der Waals surface area (Å²) in [5.41, 5.74) is 2.20. The van der Waals surface area contributed by atoms with Crippen LogP contribution in [0.25, 0.3) is 0 Å². The molecule has 0 fully saturated rings. The number of amides is 2. The van der Waals surface area contributed by atoms with Gasteiger partial charge in [-0.1, -0.05) is 29.8 Å². The van der Waals surface area contributed by atoms with Crippen molar-refractivity contribution in [1.82, 2.24) is 14.5 Å². The highest BCUT2D eigenvalue weighted by atomic mass is 35.5. The van der Waals surface area contributed by atoms with Crippen molar-refractivity contribution in [3.05, 3.63) is 81.3 Å². The zero-order chi connectivity index (χ0) is 23.4. The van der Waals surface area contributed by atoms with Crippen molar-refractivity contribution in [2.45, 2.75) is 12.5 Å². The fourth-order valence-corrected chi connectivity index (χ4v) is 4.81. The van der Waals surface area contributed by atoms with E-state index < -0.39 is 0 Å². The van der Waals surface area contributed by atoms with E-state index in [-0.39, 0.29) is 30.9 Å². The molecule has 0 saturated carbocycles. The van der Waals surface area contributed by atoms with Gasteiger partial charge in [-0.05, 0) is 35.7 Å². The van der Waals surface area contributed by atoms with Crippen LogP contribution >= 0.6 is 22.9 Å². The van der Waals surface area contributed by atoms with Gasteiger partial charge in [-0.15, -0.1) is 11.3 Å². The average molecular weight is 485 g/mol. The standard InChI is InChI=1S/C24H25ClN4O3S/c1-27-11-5-9-20(27)21-15-19(22-10-6-14-33-22)26-29(21)23(30)16-28(12-13-32-2)24(31)17-7-3-4-8-18(17)25/h3-11,14,21H,12-13,15-16H2,1-2H3. The van der Waals surface area contributed by atoms with Gasteiger partial charge in [-0.25, -0.2) is 5.01 Å². The number of methoxy groups -OCH3 is 1. The molecule has 33 heavy (non-hydrogen) atoms. The lowest BCUT2D eigenvalue weighted by atomic mass is 10.1. The van der Waals surface area contributed by atoms with E-state index in [0.717, 1.165) is 16.3 Å². The van der Waals surface area contributed by atoms with E-state index in [1.54, 1.807) is 42.7 Å². The Morgan fingerprint density at radius 3 is 2.70 bits per heavy atom. The Labute approximate surface area is 201 Å². The van der Waals surface area contributed by atoms with E-state index in [2.05, 4.69) is 0 Å². The largest absolute Gasteiger partial charge is 0.383 e. The van der Waals surface area contributed by atoms with Crippen molar-refractivity contribution < 1.29 is 14.3 Å². The molecule has 1 aliphatic rings.